The second-order valence-electron chi connectivity index (χ2n) is 6.84. The molecule has 0 radical (unpaired) electrons. The molecule has 29 heavy (non-hydrogen) atoms. The number of para-hydroxylation sites is 2. The lowest BCUT2D eigenvalue weighted by Crippen LogP contribution is -2.31. The van der Waals surface area contributed by atoms with Crippen molar-refractivity contribution in [3.63, 3.8) is 0 Å². The molecule has 0 saturated heterocycles. The number of aromatic amines is 1. The van der Waals surface area contributed by atoms with E-state index in [-0.39, 0.29) is 11.9 Å². The largest absolute Gasteiger partial charge is 0.345 e. The zero-order valence-corrected chi connectivity index (χ0v) is 17.9. The van der Waals surface area contributed by atoms with Gasteiger partial charge in [0, 0.05) is 4.90 Å². The van der Waals surface area contributed by atoms with Gasteiger partial charge in [0.15, 0.2) is 0 Å². The van der Waals surface area contributed by atoms with Gasteiger partial charge in [-0.2, -0.15) is 11.8 Å². The molecule has 1 unspecified atom stereocenters. The molecule has 0 aliphatic carbocycles. The summed E-state index contributed by atoms with van der Waals surface area (Å²) in [6.45, 7) is 0. The molecule has 1 heterocycles. The van der Waals surface area contributed by atoms with Crippen LogP contribution in [0, 0.1) is 0 Å². The molecule has 4 nitrogen and oxygen atoms in total. The normalized spacial score (nSPS) is 12.3. The zero-order chi connectivity index (χ0) is 20.1. The second kappa shape index (κ2) is 9.37. The van der Waals surface area contributed by atoms with Gasteiger partial charge in [0.2, 0.25) is 5.91 Å². The molecule has 0 aliphatic heterocycles. The Morgan fingerprint density at radius 1 is 1.07 bits per heavy atom. The number of nitrogens with one attached hydrogen (secondary N) is 2. The number of rotatable bonds is 8. The number of hydrogen-bond donors (Lipinski definition) is 2. The minimum absolute atomic E-state index is 0.0229. The first kappa shape index (κ1) is 19.9. The lowest BCUT2D eigenvalue weighted by Gasteiger charge is -2.16. The van der Waals surface area contributed by atoms with Gasteiger partial charge in [-0.1, -0.05) is 42.5 Å². The lowest BCUT2D eigenvalue weighted by atomic mass is 10.1. The minimum Gasteiger partial charge on any atom is -0.345 e. The number of amides is 1. The molecule has 0 bridgehead atoms. The molecular formula is C23H23N3OS2. The quantitative estimate of drug-likeness (QED) is 0.373. The van der Waals surface area contributed by atoms with E-state index in [4.69, 9.17) is 0 Å². The van der Waals surface area contributed by atoms with Crippen LogP contribution in [0.15, 0.2) is 71.6 Å². The van der Waals surface area contributed by atoms with Gasteiger partial charge in [0.05, 0.1) is 22.8 Å². The van der Waals surface area contributed by atoms with Gasteiger partial charge in [-0.25, -0.2) is 4.98 Å². The van der Waals surface area contributed by atoms with Crippen LogP contribution in [-0.4, -0.2) is 33.6 Å². The molecule has 1 aromatic heterocycles. The summed E-state index contributed by atoms with van der Waals surface area (Å²) in [5.41, 5.74) is 1.92. The fraction of sp³-hybridized carbons (Fsp3) is 0.217. The average molecular weight is 422 g/mol. The second-order valence-corrected chi connectivity index (χ2v) is 8.87. The third-order valence-electron chi connectivity index (χ3n) is 4.77. The van der Waals surface area contributed by atoms with Crippen molar-refractivity contribution < 1.29 is 4.79 Å². The number of carbonyl (C=O) groups excluding carboxylic acids is 1. The fourth-order valence-electron chi connectivity index (χ4n) is 3.29. The van der Waals surface area contributed by atoms with Crippen LogP contribution in [0.25, 0.3) is 21.8 Å². The van der Waals surface area contributed by atoms with Gasteiger partial charge in [-0.15, -0.1) is 11.8 Å². The molecule has 0 spiro atoms. The number of hydrogen-bond acceptors (Lipinski definition) is 4. The predicted octanol–water partition coefficient (Wildman–Crippen LogP) is 5.42. The van der Waals surface area contributed by atoms with E-state index in [2.05, 4.69) is 51.9 Å². The summed E-state index contributed by atoms with van der Waals surface area (Å²) in [4.78, 5) is 21.8. The summed E-state index contributed by atoms with van der Waals surface area (Å²) in [5.74, 6) is 2.19. The topological polar surface area (TPSA) is 57.8 Å². The smallest absolute Gasteiger partial charge is 0.230 e. The number of thioether (sulfide) groups is 2. The maximum Gasteiger partial charge on any atom is 0.230 e. The molecule has 6 heteroatoms. The number of imidazole rings is 1. The Labute approximate surface area is 178 Å². The number of carbonyl (C=O) groups is 1. The van der Waals surface area contributed by atoms with Crippen molar-refractivity contribution in [1.82, 2.24) is 15.3 Å². The van der Waals surface area contributed by atoms with Gasteiger partial charge < -0.3 is 10.3 Å². The molecular weight excluding hydrogens is 398 g/mol. The number of aromatic nitrogens is 2. The van der Waals surface area contributed by atoms with Crippen LogP contribution in [0.1, 0.15) is 18.3 Å². The molecule has 148 valence electrons. The molecule has 0 aliphatic rings. The Kier molecular flexibility index (Phi) is 6.42. The molecule has 1 atom stereocenters. The van der Waals surface area contributed by atoms with Crippen LogP contribution in [-0.2, 0) is 4.79 Å². The molecule has 0 fully saturated rings. The number of fused-ring (bicyclic) bond motifs is 2. The Morgan fingerprint density at radius 2 is 1.86 bits per heavy atom. The van der Waals surface area contributed by atoms with E-state index in [1.807, 2.05) is 36.4 Å². The maximum atomic E-state index is 12.7. The van der Waals surface area contributed by atoms with Gasteiger partial charge >= 0.3 is 0 Å². The van der Waals surface area contributed by atoms with Crippen molar-refractivity contribution in [2.75, 3.05) is 17.8 Å². The first-order chi connectivity index (χ1) is 14.2. The molecule has 3 aromatic carbocycles. The molecule has 4 aromatic rings. The van der Waals surface area contributed by atoms with Crippen molar-refractivity contribution in [2.24, 2.45) is 0 Å². The Hall–Kier alpha value is -2.44. The van der Waals surface area contributed by atoms with Gasteiger partial charge in [0.25, 0.3) is 0 Å². The van der Waals surface area contributed by atoms with Crippen molar-refractivity contribution in [1.29, 1.82) is 0 Å². The number of benzene rings is 3. The van der Waals surface area contributed by atoms with Crippen molar-refractivity contribution in [3.8, 4) is 0 Å². The summed E-state index contributed by atoms with van der Waals surface area (Å²) in [6.07, 6.45) is 2.92. The summed E-state index contributed by atoms with van der Waals surface area (Å²) in [5, 5.41) is 5.57. The predicted molar refractivity (Wildman–Crippen MR) is 125 cm³/mol. The van der Waals surface area contributed by atoms with E-state index in [9.17, 15) is 4.79 Å². The molecule has 1 amide bonds. The summed E-state index contributed by atoms with van der Waals surface area (Å²) < 4.78 is 0. The van der Waals surface area contributed by atoms with Gasteiger partial charge in [0.1, 0.15) is 5.82 Å². The van der Waals surface area contributed by atoms with Crippen LogP contribution in [0.5, 0.6) is 0 Å². The summed E-state index contributed by atoms with van der Waals surface area (Å²) in [6, 6.07) is 22.4. The van der Waals surface area contributed by atoms with Crippen molar-refractivity contribution in [3.05, 3.63) is 72.6 Å². The Balaban J connectivity index is 1.42. The number of H-pyrrole nitrogens is 1. The molecule has 2 N–H and O–H groups in total. The minimum atomic E-state index is -0.112. The van der Waals surface area contributed by atoms with E-state index < -0.39 is 0 Å². The third kappa shape index (κ3) is 4.95. The highest BCUT2D eigenvalue weighted by atomic mass is 32.2. The van der Waals surface area contributed by atoms with Crippen LogP contribution in [0.4, 0.5) is 0 Å². The van der Waals surface area contributed by atoms with E-state index in [0.717, 1.165) is 33.9 Å². The van der Waals surface area contributed by atoms with Crippen LogP contribution in [0.3, 0.4) is 0 Å². The molecule has 4 rings (SSSR count). The highest BCUT2D eigenvalue weighted by Gasteiger charge is 2.18. The first-order valence-electron chi connectivity index (χ1n) is 9.57. The third-order valence-corrected chi connectivity index (χ3v) is 6.41. The van der Waals surface area contributed by atoms with E-state index in [1.54, 1.807) is 23.5 Å². The molecule has 0 saturated carbocycles. The van der Waals surface area contributed by atoms with Crippen LogP contribution >= 0.6 is 23.5 Å². The fourth-order valence-corrected chi connectivity index (χ4v) is 4.52. The number of nitrogens with zero attached hydrogens (tertiary/aromatic N) is 1. The standard InChI is InChI=1S/C23H23N3OS2/c1-28-13-12-21(23-25-19-8-4-5-9-20(19)26-23)24-22(27)15-29-18-11-10-16-6-2-3-7-17(16)14-18/h2-11,14,21H,12-13,15H2,1H3,(H,24,27)(H,25,26). The first-order valence-corrected chi connectivity index (χ1v) is 12.0. The van der Waals surface area contributed by atoms with Crippen LogP contribution < -0.4 is 5.32 Å². The van der Waals surface area contributed by atoms with E-state index in [1.165, 1.54) is 10.8 Å². The van der Waals surface area contributed by atoms with Gasteiger partial charge in [-0.05, 0) is 53.5 Å². The van der Waals surface area contributed by atoms with E-state index in [0.29, 0.717) is 5.75 Å². The Bertz CT molecular complexity index is 1090. The monoisotopic (exact) mass is 421 g/mol. The van der Waals surface area contributed by atoms with Crippen LogP contribution in [0.2, 0.25) is 0 Å². The Morgan fingerprint density at radius 3 is 2.69 bits per heavy atom. The SMILES string of the molecule is CSCCC(NC(=O)CSc1ccc2ccccc2c1)c1nc2ccccc2[nH]1. The summed E-state index contributed by atoms with van der Waals surface area (Å²) >= 11 is 3.33. The lowest BCUT2D eigenvalue weighted by molar-refractivity contribution is -0.119. The average Bonchev–Trinajstić information content (AvgIpc) is 3.19. The van der Waals surface area contributed by atoms with E-state index >= 15 is 0 Å². The van der Waals surface area contributed by atoms with Crippen molar-refractivity contribution in [2.45, 2.75) is 17.4 Å². The highest BCUT2D eigenvalue weighted by molar-refractivity contribution is 8.00. The summed E-state index contributed by atoms with van der Waals surface area (Å²) in [7, 11) is 0. The maximum absolute atomic E-state index is 12.7. The van der Waals surface area contributed by atoms with Crippen molar-refractivity contribution >= 4 is 51.2 Å². The zero-order valence-electron chi connectivity index (χ0n) is 16.2. The van der Waals surface area contributed by atoms with Gasteiger partial charge in [-0.3, -0.25) is 4.79 Å². The highest BCUT2D eigenvalue weighted by Crippen LogP contribution is 2.24.